The first kappa shape index (κ1) is 14.5. The maximum atomic E-state index is 12.2. The lowest BCUT2D eigenvalue weighted by Gasteiger charge is -2.21. The molecular formula is C17H19N3O2. The largest absolute Gasteiger partial charge is 0.488 e. The first-order valence-corrected chi connectivity index (χ1v) is 7.46. The van der Waals surface area contributed by atoms with Crippen LogP contribution in [0.5, 0.6) is 5.75 Å². The Kier molecular flexibility index (Phi) is 4.32. The third-order valence-electron chi connectivity index (χ3n) is 3.83. The Bertz CT molecular complexity index is 620. The van der Waals surface area contributed by atoms with Crippen molar-refractivity contribution in [1.29, 1.82) is 0 Å². The average Bonchev–Trinajstić information content (AvgIpc) is 2.95. The predicted octanol–water partition coefficient (Wildman–Crippen LogP) is 1.87. The van der Waals surface area contributed by atoms with Crippen molar-refractivity contribution in [2.24, 2.45) is 0 Å². The number of nitrogens with zero attached hydrogens (tertiary/aromatic N) is 3. The van der Waals surface area contributed by atoms with Gasteiger partial charge in [0.1, 0.15) is 11.9 Å². The summed E-state index contributed by atoms with van der Waals surface area (Å²) in [6.45, 7) is 0.605. The lowest BCUT2D eigenvalue weighted by molar-refractivity contribution is -0.130. The molecule has 22 heavy (non-hydrogen) atoms. The standard InChI is InChI=1S/C17H19N3O2/c1-20(17(21)7-6-14-11-18-8-9-19-14)12-15-10-13-4-2-3-5-16(13)22-15/h2-5,8-9,11,15H,6-7,10,12H2,1H3/t15-/m0/s1. The van der Waals surface area contributed by atoms with E-state index in [9.17, 15) is 4.79 Å². The first-order valence-electron chi connectivity index (χ1n) is 7.46. The van der Waals surface area contributed by atoms with Crippen molar-refractivity contribution in [2.75, 3.05) is 13.6 Å². The van der Waals surface area contributed by atoms with Gasteiger partial charge in [-0.1, -0.05) is 18.2 Å². The van der Waals surface area contributed by atoms with Crippen LogP contribution in [0.3, 0.4) is 0 Å². The van der Waals surface area contributed by atoms with Crippen LogP contribution in [-0.4, -0.2) is 40.5 Å². The molecule has 1 aliphatic heterocycles. The molecule has 1 aliphatic rings. The average molecular weight is 297 g/mol. The molecule has 0 unspecified atom stereocenters. The van der Waals surface area contributed by atoms with E-state index in [1.807, 2.05) is 25.2 Å². The summed E-state index contributed by atoms with van der Waals surface area (Å²) >= 11 is 0. The summed E-state index contributed by atoms with van der Waals surface area (Å²) in [7, 11) is 1.82. The minimum atomic E-state index is 0.0443. The van der Waals surface area contributed by atoms with Gasteiger partial charge in [-0.3, -0.25) is 14.8 Å². The van der Waals surface area contributed by atoms with Crippen molar-refractivity contribution in [1.82, 2.24) is 14.9 Å². The van der Waals surface area contributed by atoms with Gasteiger partial charge in [0.2, 0.25) is 5.91 Å². The first-order chi connectivity index (χ1) is 10.7. The van der Waals surface area contributed by atoms with E-state index in [4.69, 9.17) is 4.74 Å². The van der Waals surface area contributed by atoms with Gasteiger partial charge in [0.15, 0.2) is 0 Å². The van der Waals surface area contributed by atoms with Gasteiger partial charge in [0, 0.05) is 38.5 Å². The topological polar surface area (TPSA) is 55.3 Å². The zero-order chi connectivity index (χ0) is 15.4. The van der Waals surface area contributed by atoms with Crippen molar-refractivity contribution < 1.29 is 9.53 Å². The van der Waals surface area contributed by atoms with E-state index in [0.717, 1.165) is 17.9 Å². The summed E-state index contributed by atoms with van der Waals surface area (Å²) in [6.07, 6.45) is 6.93. The number of hydrogen-bond donors (Lipinski definition) is 0. The molecule has 0 bridgehead atoms. The number of amides is 1. The lowest BCUT2D eigenvalue weighted by atomic mass is 10.1. The van der Waals surface area contributed by atoms with Crippen LogP contribution in [0.25, 0.3) is 0 Å². The summed E-state index contributed by atoms with van der Waals surface area (Å²) in [5.41, 5.74) is 2.06. The number of carbonyl (C=O) groups excluding carboxylic acids is 1. The fourth-order valence-corrected chi connectivity index (χ4v) is 2.65. The van der Waals surface area contributed by atoms with Crippen LogP contribution in [0.1, 0.15) is 17.7 Å². The van der Waals surface area contributed by atoms with Crippen LogP contribution < -0.4 is 4.74 Å². The van der Waals surface area contributed by atoms with Crippen molar-refractivity contribution in [2.45, 2.75) is 25.4 Å². The molecule has 3 rings (SSSR count). The SMILES string of the molecule is CN(C[C@@H]1Cc2ccccc2O1)C(=O)CCc1cnccn1. The van der Waals surface area contributed by atoms with E-state index >= 15 is 0 Å². The number of benzene rings is 1. The molecule has 1 aromatic carbocycles. The van der Waals surface area contributed by atoms with Gasteiger partial charge in [-0.2, -0.15) is 0 Å². The number of hydrogen-bond acceptors (Lipinski definition) is 4. The molecule has 114 valence electrons. The van der Waals surface area contributed by atoms with Gasteiger partial charge >= 0.3 is 0 Å². The molecule has 1 aromatic heterocycles. The smallest absolute Gasteiger partial charge is 0.222 e. The second-order valence-corrected chi connectivity index (χ2v) is 5.52. The molecule has 0 radical (unpaired) electrons. The number of rotatable bonds is 5. The van der Waals surface area contributed by atoms with E-state index in [2.05, 4.69) is 16.0 Å². The van der Waals surface area contributed by atoms with Gasteiger partial charge in [-0.25, -0.2) is 0 Å². The van der Waals surface area contributed by atoms with Gasteiger partial charge in [-0.05, 0) is 18.1 Å². The van der Waals surface area contributed by atoms with Crippen molar-refractivity contribution in [3.63, 3.8) is 0 Å². The highest BCUT2D eigenvalue weighted by Gasteiger charge is 2.24. The lowest BCUT2D eigenvalue weighted by Crippen LogP contribution is -2.36. The summed E-state index contributed by atoms with van der Waals surface area (Å²) in [5.74, 6) is 1.04. The molecule has 0 N–H and O–H groups in total. The zero-order valence-electron chi connectivity index (χ0n) is 12.6. The van der Waals surface area contributed by atoms with Crippen molar-refractivity contribution in [3.05, 3.63) is 54.1 Å². The summed E-state index contributed by atoms with van der Waals surface area (Å²) in [5, 5.41) is 0. The molecular weight excluding hydrogens is 278 g/mol. The number of fused-ring (bicyclic) bond motifs is 1. The Morgan fingerprint density at radius 3 is 3.00 bits per heavy atom. The fraction of sp³-hybridized carbons (Fsp3) is 0.353. The predicted molar refractivity (Wildman–Crippen MR) is 82.6 cm³/mol. The van der Waals surface area contributed by atoms with Gasteiger partial charge in [0.25, 0.3) is 0 Å². The van der Waals surface area contributed by atoms with Crippen LogP contribution in [0, 0.1) is 0 Å². The van der Waals surface area contributed by atoms with Crippen molar-refractivity contribution in [3.8, 4) is 5.75 Å². The Hall–Kier alpha value is -2.43. The molecule has 0 aliphatic carbocycles. The third-order valence-corrected chi connectivity index (χ3v) is 3.83. The second-order valence-electron chi connectivity index (χ2n) is 5.52. The molecule has 5 nitrogen and oxygen atoms in total. The monoisotopic (exact) mass is 297 g/mol. The number of para-hydroxylation sites is 1. The van der Waals surface area contributed by atoms with Crippen LogP contribution in [0.2, 0.25) is 0 Å². The number of aryl methyl sites for hydroxylation is 1. The van der Waals surface area contributed by atoms with Crippen LogP contribution in [-0.2, 0) is 17.6 Å². The highest BCUT2D eigenvalue weighted by molar-refractivity contribution is 5.76. The Morgan fingerprint density at radius 1 is 1.36 bits per heavy atom. The maximum absolute atomic E-state index is 12.2. The third kappa shape index (κ3) is 3.42. The zero-order valence-corrected chi connectivity index (χ0v) is 12.6. The molecule has 0 fully saturated rings. The second kappa shape index (κ2) is 6.56. The minimum Gasteiger partial charge on any atom is -0.488 e. The van der Waals surface area contributed by atoms with E-state index in [0.29, 0.717) is 19.4 Å². The van der Waals surface area contributed by atoms with Gasteiger partial charge in [-0.15, -0.1) is 0 Å². The highest BCUT2D eigenvalue weighted by atomic mass is 16.5. The van der Waals surface area contributed by atoms with E-state index in [1.54, 1.807) is 23.5 Å². The van der Waals surface area contributed by atoms with Crippen molar-refractivity contribution >= 4 is 5.91 Å². The summed E-state index contributed by atoms with van der Waals surface area (Å²) in [4.78, 5) is 22.1. The van der Waals surface area contributed by atoms with Crippen LogP contribution >= 0.6 is 0 Å². The molecule has 2 aromatic rings. The number of ether oxygens (including phenoxy) is 1. The summed E-state index contributed by atoms with van der Waals surface area (Å²) < 4.78 is 5.87. The molecule has 0 saturated carbocycles. The normalized spacial score (nSPS) is 16.0. The van der Waals surface area contributed by atoms with E-state index < -0.39 is 0 Å². The maximum Gasteiger partial charge on any atom is 0.222 e. The number of likely N-dealkylation sites (N-methyl/N-ethyl adjacent to an activating group) is 1. The van der Waals surface area contributed by atoms with Gasteiger partial charge < -0.3 is 9.64 Å². The molecule has 0 spiro atoms. The molecule has 1 amide bonds. The van der Waals surface area contributed by atoms with E-state index in [1.165, 1.54) is 5.56 Å². The molecule has 1 atom stereocenters. The molecule has 0 saturated heterocycles. The van der Waals surface area contributed by atoms with Crippen LogP contribution in [0.4, 0.5) is 0 Å². The Labute approximate surface area is 130 Å². The van der Waals surface area contributed by atoms with E-state index in [-0.39, 0.29) is 12.0 Å². The summed E-state index contributed by atoms with van der Waals surface area (Å²) in [6, 6.07) is 8.04. The van der Waals surface area contributed by atoms with Gasteiger partial charge in [0.05, 0.1) is 12.2 Å². The quantitative estimate of drug-likeness (QED) is 0.845. The Morgan fingerprint density at radius 2 is 2.23 bits per heavy atom. The minimum absolute atomic E-state index is 0.0443. The number of carbonyl (C=O) groups is 1. The molecule has 5 heteroatoms. The Balaban J connectivity index is 1.48. The van der Waals surface area contributed by atoms with Crippen LogP contribution in [0.15, 0.2) is 42.9 Å². The number of aromatic nitrogens is 2. The highest BCUT2D eigenvalue weighted by Crippen LogP contribution is 2.28. The fourth-order valence-electron chi connectivity index (χ4n) is 2.65. The molecule has 2 heterocycles.